The molecule has 7 nitrogen and oxygen atoms in total. The van der Waals surface area contributed by atoms with E-state index >= 15 is 0 Å². The minimum Gasteiger partial charge on any atom is -0.493 e. The zero-order valence-electron chi connectivity index (χ0n) is 16.2. The van der Waals surface area contributed by atoms with Crippen LogP contribution in [0.25, 0.3) is 0 Å². The van der Waals surface area contributed by atoms with Crippen LogP contribution in [0.2, 0.25) is 0 Å². The van der Waals surface area contributed by atoms with E-state index in [2.05, 4.69) is 10.6 Å². The lowest BCUT2D eigenvalue weighted by atomic mass is 10.1. The van der Waals surface area contributed by atoms with Gasteiger partial charge in [0.05, 0.1) is 13.7 Å². The molecule has 2 aromatic rings. The molecule has 0 heterocycles. The van der Waals surface area contributed by atoms with Gasteiger partial charge < -0.3 is 20.1 Å². The topological polar surface area (TPSA) is 93.7 Å². The van der Waals surface area contributed by atoms with E-state index < -0.39 is 0 Å². The van der Waals surface area contributed by atoms with Crippen molar-refractivity contribution in [3.8, 4) is 11.5 Å². The molecule has 2 amide bonds. The predicted octanol–water partition coefficient (Wildman–Crippen LogP) is 3.65. The first kappa shape index (κ1) is 21.0. The molecular weight excluding hydrogens is 360 g/mol. The average Bonchev–Trinajstić information content (AvgIpc) is 2.64. The number of rotatable bonds is 9. The van der Waals surface area contributed by atoms with Crippen LogP contribution in [0.1, 0.15) is 37.0 Å². The van der Waals surface area contributed by atoms with Crippen molar-refractivity contribution >= 4 is 29.0 Å². The summed E-state index contributed by atoms with van der Waals surface area (Å²) in [6, 6.07) is 11.9. The minimum absolute atomic E-state index is 0.0518. The fraction of sp³-hybridized carbons (Fsp3) is 0.286. The van der Waals surface area contributed by atoms with Crippen molar-refractivity contribution in [2.24, 2.45) is 0 Å². The molecule has 2 rings (SSSR count). The summed E-state index contributed by atoms with van der Waals surface area (Å²) in [5, 5.41) is 5.46. The fourth-order valence-corrected chi connectivity index (χ4v) is 2.52. The largest absolute Gasteiger partial charge is 0.493 e. The first-order valence-corrected chi connectivity index (χ1v) is 8.88. The second-order valence-corrected chi connectivity index (χ2v) is 6.18. The standard InChI is InChI=1S/C21H24N2O5/c1-14(24)16-9-10-19(20(12-16)27-3)28-11-5-8-21(26)23-18-7-4-6-17(13-18)22-15(2)25/h4,6-7,9-10,12-13H,5,8,11H2,1-3H3,(H,22,25)(H,23,26). The second kappa shape index (κ2) is 10.1. The van der Waals surface area contributed by atoms with E-state index in [0.717, 1.165) is 0 Å². The molecule has 7 heteroatoms. The van der Waals surface area contributed by atoms with E-state index in [1.54, 1.807) is 42.5 Å². The molecule has 0 saturated carbocycles. The monoisotopic (exact) mass is 384 g/mol. The number of anilines is 2. The van der Waals surface area contributed by atoms with Crippen LogP contribution in [0.4, 0.5) is 11.4 Å². The van der Waals surface area contributed by atoms with Crippen molar-refractivity contribution in [3.63, 3.8) is 0 Å². The highest BCUT2D eigenvalue weighted by Crippen LogP contribution is 2.28. The van der Waals surface area contributed by atoms with Crippen molar-refractivity contribution in [2.45, 2.75) is 26.7 Å². The average molecular weight is 384 g/mol. The molecule has 0 aromatic heterocycles. The summed E-state index contributed by atoms with van der Waals surface area (Å²) in [6.07, 6.45) is 0.785. The van der Waals surface area contributed by atoms with Gasteiger partial charge in [0.15, 0.2) is 17.3 Å². The van der Waals surface area contributed by atoms with Crippen LogP contribution in [-0.2, 0) is 9.59 Å². The van der Waals surface area contributed by atoms with Gasteiger partial charge in [-0.1, -0.05) is 6.07 Å². The molecule has 2 N–H and O–H groups in total. The van der Waals surface area contributed by atoms with Crippen molar-refractivity contribution in [2.75, 3.05) is 24.4 Å². The van der Waals surface area contributed by atoms with E-state index in [4.69, 9.17) is 9.47 Å². The zero-order valence-corrected chi connectivity index (χ0v) is 16.2. The Labute approximate surface area is 164 Å². The highest BCUT2D eigenvalue weighted by atomic mass is 16.5. The number of carbonyl (C=O) groups excluding carboxylic acids is 3. The maximum atomic E-state index is 12.1. The maximum absolute atomic E-state index is 12.1. The Morgan fingerprint density at radius 1 is 0.929 bits per heavy atom. The lowest BCUT2D eigenvalue weighted by Crippen LogP contribution is -2.13. The van der Waals surface area contributed by atoms with Crippen molar-refractivity contribution in [1.29, 1.82) is 0 Å². The number of ether oxygens (including phenoxy) is 2. The van der Waals surface area contributed by atoms with Gasteiger partial charge in [0, 0.05) is 30.3 Å². The fourth-order valence-electron chi connectivity index (χ4n) is 2.52. The number of nitrogens with one attached hydrogen (secondary N) is 2. The molecular formula is C21H24N2O5. The Morgan fingerprint density at radius 2 is 1.64 bits per heavy atom. The molecule has 0 bridgehead atoms. The summed E-state index contributed by atoms with van der Waals surface area (Å²) in [4.78, 5) is 34.6. The van der Waals surface area contributed by atoms with Crippen LogP contribution < -0.4 is 20.1 Å². The van der Waals surface area contributed by atoms with Gasteiger partial charge in [0.1, 0.15) is 0 Å². The third-order valence-corrected chi connectivity index (χ3v) is 3.84. The molecule has 0 aliphatic carbocycles. The lowest BCUT2D eigenvalue weighted by molar-refractivity contribution is -0.116. The number of carbonyl (C=O) groups is 3. The van der Waals surface area contributed by atoms with Crippen LogP contribution in [0.3, 0.4) is 0 Å². The highest BCUT2D eigenvalue weighted by Gasteiger charge is 2.09. The van der Waals surface area contributed by atoms with Gasteiger partial charge in [-0.25, -0.2) is 0 Å². The van der Waals surface area contributed by atoms with Gasteiger partial charge in [-0.3, -0.25) is 14.4 Å². The van der Waals surface area contributed by atoms with Gasteiger partial charge in [-0.05, 0) is 49.7 Å². The van der Waals surface area contributed by atoms with E-state index in [-0.39, 0.29) is 24.0 Å². The third-order valence-electron chi connectivity index (χ3n) is 3.84. The van der Waals surface area contributed by atoms with Crippen LogP contribution in [0.15, 0.2) is 42.5 Å². The first-order chi connectivity index (χ1) is 13.4. The van der Waals surface area contributed by atoms with E-state index in [1.165, 1.54) is 21.0 Å². The summed E-state index contributed by atoms with van der Waals surface area (Å²) in [7, 11) is 1.51. The second-order valence-electron chi connectivity index (χ2n) is 6.18. The van der Waals surface area contributed by atoms with Gasteiger partial charge in [-0.2, -0.15) is 0 Å². The molecule has 28 heavy (non-hydrogen) atoms. The lowest BCUT2D eigenvalue weighted by Gasteiger charge is -2.12. The molecule has 0 fully saturated rings. The Balaban J connectivity index is 1.81. The van der Waals surface area contributed by atoms with Crippen LogP contribution in [0.5, 0.6) is 11.5 Å². The van der Waals surface area contributed by atoms with Crippen LogP contribution in [-0.4, -0.2) is 31.3 Å². The highest BCUT2D eigenvalue weighted by molar-refractivity contribution is 5.95. The molecule has 0 unspecified atom stereocenters. The van der Waals surface area contributed by atoms with Crippen molar-refractivity contribution in [3.05, 3.63) is 48.0 Å². The number of benzene rings is 2. The summed E-state index contributed by atoms with van der Waals surface area (Å²) < 4.78 is 10.9. The number of methoxy groups -OCH3 is 1. The van der Waals surface area contributed by atoms with Gasteiger partial charge in [0.25, 0.3) is 0 Å². The Hall–Kier alpha value is -3.35. The number of amides is 2. The van der Waals surface area contributed by atoms with Crippen molar-refractivity contribution < 1.29 is 23.9 Å². The molecule has 0 radical (unpaired) electrons. The summed E-state index contributed by atoms with van der Waals surface area (Å²) >= 11 is 0. The third kappa shape index (κ3) is 6.42. The number of hydrogen-bond acceptors (Lipinski definition) is 5. The Morgan fingerprint density at radius 3 is 2.29 bits per heavy atom. The summed E-state index contributed by atoms with van der Waals surface area (Å²) in [5.41, 5.74) is 1.78. The molecule has 0 aliphatic rings. The normalized spacial score (nSPS) is 10.1. The smallest absolute Gasteiger partial charge is 0.224 e. The van der Waals surface area contributed by atoms with Crippen LogP contribution >= 0.6 is 0 Å². The predicted molar refractivity (Wildman–Crippen MR) is 107 cm³/mol. The maximum Gasteiger partial charge on any atom is 0.224 e. The van der Waals surface area contributed by atoms with Gasteiger partial charge >= 0.3 is 0 Å². The van der Waals surface area contributed by atoms with Crippen molar-refractivity contribution in [1.82, 2.24) is 0 Å². The summed E-state index contributed by atoms with van der Waals surface area (Å²) in [6.45, 7) is 3.24. The SMILES string of the molecule is COc1cc(C(C)=O)ccc1OCCCC(=O)Nc1cccc(NC(C)=O)c1. The Bertz CT molecular complexity index is 864. The molecule has 0 aliphatic heterocycles. The molecule has 0 saturated heterocycles. The Kier molecular flexibility index (Phi) is 7.56. The van der Waals surface area contributed by atoms with Gasteiger partial charge in [-0.15, -0.1) is 0 Å². The quantitative estimate of drug-likeness (QED) is 0.508. The van der Waals surface area contributed by atoms with Crippen LogP contribution in [0, 0.1) is 0 Å². The van der Waals surface area contributed by atoms with E-state index in [1.807, 2.05) is 0 Å². The molecule has 2 aromatic carbocycles. The number of ketones is 1. The van der Waals surface area contributed by atoms with E-state index in [9.17, 15) is 14.4 Å². The molecule has 0 spiro atoms. The number of Topliss-reactive ketones (excluding diaryl/α,β-unsaturated/α-hetero) is 1. The molecule has 148 valence electrons. The van der Waals surface area contributed by atoms with E-state index in [0.29, 0.717) is 41.5 Å². The minimum atomic E-state index is -0.174. The van der Waals surface area contributed by atoms with Gasteiger partial charge in [0.2, 0.25) is 11.8 Å². The zero-order chi connectivity index (χ0) is 20.5. The first-order valence-electron chi connectivity index (χ1n) is 8.88. The summed E-state index contributed by atoms with van der Waals surface area (Å²) in [5.74, 6) is 0.627. The molecule has 0 atom stereocenters. The number of hydrogen-bond donors (Lipinski definition) is 2.